The van der Waals surface area contributed by atoms with Crippen LogP contribution in [0, 0.1) is 5.82 Å². The monoisotopic (exact) mass is 269 g/mol. The van der Waals surface area contributed by atoms with E-state index in [2.05, 4.69) is 26.1 Å². The second-order valence-electron chi connectivity index (χ2n) is 5.78. The van der Waals surface area contributed by atoms with Crippen molar-refractivity contribution >= 4 is 0 Å². The third-order valence-electron chi connectivity index (χ3n) is 2.49. The summed E-state index contributed by atoms with van der Waals surface area (Å²) < 4.78 is 24.2. The molecule has 0 amide bonds. The topological polar surface area (TPSA) is 30.5 Å². The molecule has 1 aromatic carbocycles. The van der Waals surface area contributed by atoms with Crippen molar-refractivity contribution in [3.05, 3.63) is 29.6 Å². The van der Waals surface area contributed by atoms with E-state index in [1.54, 1.807) is 7.11 Å². The van der Waals surface area contributed by atoms with Crippen molar-refractivity contribution in [1.82, 2.24) is 5.32 Å². The van der Waals surface area contributed by atoms with Crippen LogP contribution in [-0.2, 0) is 11.3 Å². The molecule has 0 aliphatic heterocycles. The van der Waals surface area contributed by atoms with Gasteiger partial charge in [0, 0.05) is 25.3 Å². The molecule has 0 fully saturated rings. The number of benzene rings is 1. The molecule has 0 aliphatic carbocycles. The third kappa shape index (κ3) is 6.55. The van der Waals surface area contributed by atoms with Crippen LogP contribution in [0.4, 0.5) is 4.39 Å². The normalized spacial score (nSPS) is 13.4. The Balaban J connectivity index is 2.71. The number of rotatable bonds is 6. The first-order valence-electron chi connectivity index (χ1n) is 6.50. The van der Waals surface area contributed by atoms with Gasteiger partial charge in [-0.1, -0.05) is 0 Å². The van der Waals surface area contributed by atoms with Gasteiger partial charge in [0.2, 0.25) is 0 Å². The van der Waals surface area contributed by atoms with E-state index in [-0.39, 0.29) is 17.5 Å². The van der Waals surface area contributed by atoms with Gasteiger partial charge in [-0.3, -0.25) is 0 Å². The highest BCUT2D eigenvalue weighted by Gasteiger charge is 2.10. The van der Waals surface area contributed by atoms with E-state index in [9.17, 15) is 4.39 Å². The Kier molecular flexibility index (Phi) is 5.76. The minimum Gasteiger partial charge on any atom is -0.488 e. The number of hydrogen-bond donors (Lipinski definition) is 1. The predicted octanol–water partition coefficient (Wildman–Crippen LogP) is 3.13. The van der Waals surface area contributed by atoms with E-state index in [1.165, 1.54) is 12.1 Å². The minimum atomic E-state index is -0.284. The molecule has 1 rings (SSSR count). The first kappa shape index (κ1) is 15.9. The molecule has 0 bridgehead atoms. The molecular weight excluding hydrogens is 245 g/mol. The molecule has 1 atom stereocenters. The van der Waals surface area contributed by atoms with E-state index >= 15 is 0 Å². The maximum Gasteiger partial charge on any atom is 0.127 e. The van der Waals surface area contributed by atoms with Crippen molar-refractivity contribution in [3.63, 3.8) is 0 Å². The van der Waals surface area contributed by atoms with Crippen LogP contribution in [0.15, 0.2) is 18.2 Å². The zero-order chi connectivity index (χ0) is 14.5. The van der Waals surface area contributed by atoms with Crippen LogP contribution in [0.1, 0.15) is 33.3 Å². The summed E-state index contributed by atoms with van der Waals surface area (Å²) in [4.78, 5) is 0. The maximum absolute atomic E-state index is 13.5. The number of halogens is 1. The second-order valence-corrected chi connectivity index (χ2v) is 5.78. The van der Waals surface area contributed by atoms with Crippen LogP contribution in [0.25, 0.3) is 0 Å². The molecule has 0 aliphatic rings. The first-order valence-corrected chi connectivity index (χ1v) is 6.50. The summed E-state index contributed by atoms with van der Waals surface area (Å²) in [5.74, 6) is 0.253. The fourth-order valence-electron chi connectivity index (χ4n) is 1.66. The Labute approximate surface area is 115 Å². The average molecular weight is 269 g/mol. The molecular formula is C15H24FNO2. The van der Waals surface area contributed by atoms with Crippen LogP contribution in [0.3, 0.4) is 0 Å². The predicted molar refractivity (Wildman–Crippen MR) is 75.0 cm³/mol. The summed E-state index contributed by atoms with van der Waals surface area (Å²) in [5.41, 5.74) is 0.867. The van der Waals surface area contributed by atoms with Crippen molar-refractivity contribution < 1.29 is 13.9 Å². The zero-order valence-corrected chi connectivity index (χ0v) is 12.4. The Bertz CT molecular complexity index is 402. The molecule has 0 heterocycles. The van der Waals surface area contributed by atoms with Gasteiger partial charge in [0.05, 0.1) is 6.61 Å². The van der Waals surface area contributed by atoms with Crippen LogP contribution >= 0.6 is 0 Å². The maximum atomic E-state index is 13.5. The lowest BCUT2D eigenvalue weighted by Crippen LogP contribution is -2.35. The molecule has 1 aromatic rings. The van der Waals surface area contributed by atoms with Gasteiger partial charge in [0.15, 0.2) is 0 Å². The SMILES string of the molecule is COCC(C)Oc1cc(F)cc(CNC(C)(C)C)c1. The summed E-state index contributed by atoms with van der Waals surface area (Å²) in [5, 5.41) is 3.32. The van der Waals surface area contributed by atoms with E-state index in [0.717, 1.165) is 5.56 Å². The van der Waals surface area contributed by atoms with Gasteiger partial charge in [0.25, 0.3) is 0 Å². The Morgan fingerprint density at radius 1 is 1.26 bits per heavy atom. The van der Waals surface area contributed by atoms with Crippen molar-refractivity contribution in [2.24, 2.45) is 0 Å². The molecule has 0 aromatic heterocycles. The van der Waals surface area contributed by atoms with E-state index in [0.29, 0.717) is 18.9 Å². The second kappa shape index (κ2) is 6.87. The smallest absolute Gasteiger partial charge is 0.127 e. The van der Waals surface area contributed by atoms with Gasteiger partial charge < -0.3 is 14.8 Å². The van der Waals surface area contributed by atoms with Gasteiger partial charge in [-0.05, 0) is 45.4 Å². The molecule has 108 valence electrons. The molecule has 0 saturated carbocycles. The van der Waals surface area contributed by atoms with Crippen molar-refractivity contribution in [3.8, 4) is 5.75 Å². The standard InChI is InChI=1S/C15H24FNO2/c1-11(10-18-5)19-14-7-12(6-13(16)8-14)9-17-15(2,3)4/h6-8,11,17H,9-10H2,1-5H3. The van der Waals surface area contributed by atoms with Gasteiger partial charge in [-0.25, -0.2) is 4.39 Å². The number of ether oxygens (including phenoxy) is 2. The number of methoxy groups -OCH3 is 1. The van der Waals surface area contributed by atoms with Crippen LogP contribution in [0.2, 0.25) is 0 Å². The molecule has 1 N–H and O–H groups in total. The third-order valence-corrected chi connectivity index (χ3v) is 2.49. The van der Waals surface area contributed by atoms with Crippen molar-refractivity contribution in [1.29, 1.82) is 0 Å². The van der Waals surface area contributed by atoms with Crippen molar-refractivity contribution in [2.75, 3.05) is 13.7 Å². The summed E-state index contributed by atoms with van der Waals surface area (Å²) in [6.07, 6.45) is -0.102. The van der Waals surface area contributed by atoms with Crippen LogP contribution < -0.4 is 10.1 Å². The van der Waals surface area contributed by atoms with Gasteiger partial charge >= 0.3 is 0 Å². The summed E-state index contributed by atoms with van der Waals surface area (Å²) in [6.45, 7) is 9.20. The molecule has 0 radical (unpaired) electrons. The number of nitrogens with one attached hydrogen (secondary N) is 1. The van der Waals surface area contributed by atoms with Crippen LogP contribution in [-0.4, -0.2) is 25.4 Å². The molecule has 0 spiro atoms. The summed E-state index contributed by atoms with van der Waals surface area (Å²) >= 11 is 0. The van der Waals surface area contributed by atoms with Gasteiger partial charge in [-0.2, -0.15) is 0 Å². The highest BCUT2D eigenvalue weighted by molar-refractivity contribution is 5.29. The van der Waals surface area contributed by atoms with Crippen molar-refractivity contribution in [2.45, 2.75) is 45.9 Å². The number of hydrogen-bond acceptors (Lipinski definition) is 3. The molecule has 19 heavy (non-hydrogen) atoms. The highest BCUT2D eigenvalue weighted by Crippen LogP contribution is 2.18. The lowest BCUT2D eigenvalue weighted by atomic mass is 10.1. The van der Waals surface area contributed by atoms with E-state index < -0.39 is 0 Å². The Hall–Kier alpha value is -1.13. The van der Waals surface area contributed by atoms with E-state index in [1.807, 2.05) is 13.0 Å². The van der Waals surface area contributed by atoms with Gasteiger partial charge in [0.1, 0.15) is 17.7 Å². The largest absolute Gasteiger partial charge is 0.488 e. The summed E-state index contributed by atoms with van der Waals surface area (Å²) in [6, 6.07) is 4.77. The quantitative estimate of drug-likeness (QED) is 0.860. The fraction of sp³-hybridized carbons (Fsp3) is 0.600. The summed E-state index contributed by atoms with van der Waals surface area (Å²) in [7, 11) is 1.62. The highest BCUT2D eigenvalue weighted by atomic mass is 19.1. The Morgan fingerprint density at radius 2 is 1.95 bits per heavy atom. The first-order chi connectivity index (χ1) is 8.80. The van der Waals surface area contributed by atoms with Crippen LogP contribution in [0.5, 0.6) is 5.75 Å². The molecule has 3 nitrogen and oxygen atoms in total. The lowest BCUT2D eigenvalue weighted by Gasteiger charge is -2.21. The zero-order valence-electron chi connectivity index (χ0n) is 12.4. The fourth-order valence-corrected chi connectivity index (χ4v) is 1.66. The Morgan fingerprint density at radius 3 is 2.53 bits per heavy atom. The average Bonchev–Trinajstić information content (AvgIpc) is 2.25. The molecule has 0 saturated heterocycles. The van der Waals surface area contributed by atoms with E-state index in [4.69, 9.17) is 9.47 Å². The molecule has 1 unspecified atom stereocenters. The minimum absolute atomic E-state index is 0.00329. The lowest BCUT2D eigenvalue weighted by molar-refractivity contribution is 0.0918. The van der Waals surface area contributed by atoms with Gasteiger partial charge in [-0.15, -0.1) is 0 Å². The molecule has 4 heteroatoms.